The van der Waals surface area contributed by atoms with E-state index in [1.807, 2.05) is 31.3 Å². The van der Waals surface area contributed by atoms with Crippen LogP contribution in [0.15, 0.2) is 82.7 Å². The number of hydrogen-bond donors (Lipinski definition) is 2. The third-order valence-electron chi connectivity index (χ3n) is 6.11. The summed E-state index contributed by atoms with van der Waals surface area (Å²) in [6.07, 6.45) is 5.79. The van der Waals surface area contributed by atoms with Crippen LogP contribution in [0.5, 0.6) is 0 Å². The van der Waals surface area contributed by atoms with Gasteiger partial charge in [-0.05, 0) is 55.2 Å². The van der Waals surface area contributed by atoms with Crippen molar-refractivity contribution >= 4 is 11.8 Å². The molecule has 0 aliphatic heterocycles. The molecule has 3 N–H and O–H groups in total. The first-order valence-corrected chi connectivity index (χ1v) is 12.1. The van der Waals surface area contributed by atoms with Crippen molar-refractivity contribution in [2.45, 2.75) is 32.6 Å². The van der Waals surface area contributed by atoms with Crippen LogP contribution in [-0.4, -0.2) is 40.4 Å². The second-order valence-corrected chi connectivity index (χ2v) is 9.34. The summed E-state index contributed by atoms with van der Waals surface area (Å²) in [6.45, 7) is 5.26. The van der Waals surface area contributed by atoms with E-state index in [1.165, 1.54) is 0 Å². The molecular weight excluding hydrogens is 454 g/mol. The summed E-state index contributed by atoms with van der Waals surface area (Å²) >= 11 is 0. The summed E-state index contributed by atoms with van der Waals surface area (Å²) in [5.74, 6) is 0.491. The van der Waals surface area contributed by atoms with Gasteiger partial charge in [0.25, 0.3) is 11.8 Å². The third kappa shape index (κ3) is 5.89. The second-order valence-electron chi connectivity index (χ2n) is 9.34. The zero-order valence-corrected chi connectivity index (χ0v) is 20.8. The Morgan fingerprint density at radius 2 is 1.89 bits per heavy atom. The van der Waals surface area contributed by atoms with Crippen molar-refractivity contribution in [2.24, 2.45) is 11.7 Å². The molecule has 2 amide bonds. The second kappa shape index (κ2) is 11.0. The van der Waals surface area contributed by atoms with Crippen molar-refractivity contribution < 1.29 is 14.1 Å². The summed E-state index contributed by atoms with van der Waals surface area (Å²) in [4.78, 5) is 31.3. The van der Waals surface area contributed by atoms with Gasteiger partial charge in [-0.1, -0.05) is 49.3 Å². The molecule has 8 nitrogen and oxygen atoms in total. The topological polar surface area (TPSA) is 114 Å². The highest BCUT2D eigenvalue weighted by Gasteiger charge is 2.25. The zero-order chi connectivity index (χ0) is 25.7. The van der Waals surface area contributed by atoms with Gasteiger partial charge in [-0.25, -0.2) is 0 Å². The van der Waals surface area contributed by atoms with Gasteiger partial charge in [-0.15, -0.1) is 0 Å². The maximum atomic E-state index is 13.0. The van der Waals surface area contributed by atoms with E-state index in [1.54, 1.807) is 36.4 Å². The molecule has 8 heteroatoms. The fraction of sp³-hybridized carbons (Fsp3) is 0.286. The van der Waals surface area contributed by atoms with Crippen LogP contribution in [0.3, 0.4) is 0 Å². The number of likely N-dealkylation sites (N-methyl/N-ethyl adjacent to an activating group) is 1. The van der Waals surface area contributed by atoms with Crippen LogP contribution in [0.25, 0.3) is 11.5 Å². The molecule has 0 spiro atoms. The van der Waals surface area contributed by atoms with E-state index >= 15 is 0 Å². The van der Waals surface area contributed by atoms with Gasteiger partial charge in [-0.3, -0.25) is 9.59 Å². The van der Waals surface area contributed by atoms with Crippen molar-refractivity contribution in [3.05, 3.63) is 95.1 Å². The standard InChI is InChI=1S/C28H31N5O3/c1-18(2)14-15-33(3)24-13-12-21(17-23(24)30-27(35)19-8-5-4-6-9-19)26-31-28(36-32-26)22-11-7-10-20(16-22)25(29)34/h4-11,13,16-18,21H,12,14-15H2,1-3H3,(H2,29,34)(H,30,35)/t21-/m1/s1. The van der Waals surface area contributed by atoms with E-state index in [-0.39, 0.29) is 11.8 Å². The van der Waals surface area contributed by atoms with E-state index in [9.17, 15) is 9.59 Å². The molecule has 3 aromatic rings. The molecule has 0 saturated heterocycles. The van der Waals surface area contributed by atoms with Crippen LogP contribution >= 0.6 is 0 Å². The number of benzene rings is 2. The molecule has 1 aliphatic rings. The Balaban J connectivity index is 1.60. The van der Waals surface area contributed by atoms with Gasteiger partial charge in [0.15, 0.2) is 5.82 Å². The van der Waals surface area contributed by atoms with Gasteiger partial charge in [0.2, 0.25) is 5.91 Å². The van der Waals surface area contributed by atoms with Crippen molar-refractivity contribution in [2.75, 3.05) is 13.6 Å². The number of nitrogens with two attached hydrogens (primary N) is 1. The molecule has 1 heterocycles. The Kier molecular flexibility index (Phi) is 7.63. The number of amides is 2. The molecule has 0 unspecified atom stereocenters. The Hall–Kier alpha value is -4.20. The molecule has 0 bridgehead atoms. The molecule has 1 aromatic heterocycles. The van der Waals surface area contributed by atoms with Crippen molar-refractivity contribution in [1.82, 2.24) is 20.4 Å². The fourth-order valence-corrected chi connectivity index (χ4v) is 4.01. The lowest BCUT2D eigenvalue weighted by Gasteiger charge is -2.29. The lowest BCUT2D eigenvalue weighted by molar-refractivity contribution is 0.0963. The van der Waals surface area contributed by atoms with Crippen LogP contribution in [-0.2, 0) is 0 Å². The number of nitrogens with one attached hydrogen (secondary N) is 1. The number of aromatic nitrogens is 2. The summed E-state index contributed by atoms with van der Waals surface area (Å²) in [5.41, 5.74) is 8.65. The van der Waals surface area contributed by atoms with Crippen LogP contribution < -0.4 is 11.1 Å². The third-order valence-corrected chi connectivity index (χ3v) is 6.11. The number of primary amides is 1. The molecule has 1 atom stereocenters. The number of carbonyl (C=O) groups excluding carboxylic acids is 2. The molecule has 1 aliphatic carbocycles. The van der Waals surface area contributed by atoms with E-state index in [2.05, 4.69) is 40.3 Å². The van der Waals surface area contributed by atoms with Crippen molar-refractivity contribution in [1.29, 1.82) is 0 Å². The SMILES string of the molecule is CC(C)CCN(C)C1=CC[C@@H](c2noc(-c3cccc(C(N)=O)c3)n2)C=C1NC(=O)c1ccccc1. The summed E-state index contributed by atoms with van der Waals surface area (Å²) in [6, 6.07) is 15.9. The van der Waals surface area contributed by atoms with Crippen LogP contribution in [0, 0.1) is 5.92 Å². The van der Waals surface area contributed by atoms with E-state index in [0.29, 0.717) is 46.4 Å². The molecule has 2 aromatic carbocycles. The highest BCUT2D eigenvalue weighted by atomic mass is 16.5. The maximum Gasteiger partial charge on any atom is 0.257 e. The zero-order valence-electron chi connectivity index (χ0n) is 20.8. The fourth-order valence-electron chi connectivity index (χ4n) is 4.01. The van der Waals surface area contributed by atoms with Gasteiger partial charge in [-0.2, -0.15) is 4.98 Å². The predicted octanol–water partition coefficient (Wildman–Crippen LogP) is 4.50. The highest BCUT2D eigenvalue weighted by Crippen LogP contribution is 2.31. The number of allylic oxidation sites excluding steroid dienone is 2. The van der Waals surface area contributed by atoms with Gasteiger partial charge < -0.3 is 20.5 Å². The van der Waals surface area contributed by atoms with E-state index < -0.39 is 5.91 Å². The summed E-state index contributed by atoms with van der Waals surface area (Å²) < 4.78 is 5.50. The maximum absolute atomic E-state index is 13.0. The van der Waals surface area contributed by atoms with Gasteiger partial charge in [0.05, 0.1) is 11.4 Å². The first-order chi connectivity index (χ1) is 17.3. The van der Waals surface area contributed by atoms with Crippen molar-refractivity contribution in [3.8, 4) is 11.5 Å². The molecule has 186 valence electrons. The average molecular weight is 486 g/mol. The first-order valence-electron chi connectivity index (χ1n) is 12.1. The number of hydrogen-bond acceptors (Lipinski definition) is 6. The van der Waals surface area contributed by atoms with Crippen LogP contribution in [0.4, 0.5) is 0 Å². The monoisotopic (exact) mass is 485 g/mol. The number of rotatable bonds is 9. The highest BCUT2D eigenvalue weighted by molar-refractivity contribution is 5.95. The first kappa shape index (κ1) is 24.9. The minimum absolute atomic E-state index is 0.178. The smallest absolute Gasteiger partial charge is 0.257 e. The van der Waals surface area contributed by atoms with Gasteiger partial charge in [0, 0.05) is 36.2 Å². The Morgan fingerprint density at radius 3 is 2.61 bits per heavy atom. The number of carbonyl (C=O) groups is 2. The lowest BCUT2D eigenvalue weighted by Crippen LogP contribution is -2.32. The molecule has 0 fully saturated rings. The minimum atomic E-state index is -0.523. The molecule has 0 radical (unpaired) electrons. The molecule has 4 rings (SSSR count). The van der Waals surface area contributed by atoms with Gasteiger partial charge in [0.1, 0.15) is 0 Å². The molecule has 0 saturated carbocycles. The number of nitrogens with zero attached hydrogens (tertiary/aromatic N) is 3. The van der Waals surface area contributed by atoms with Crippen LogP contribution in [0.1, 0.15) is 59.1 Å². The minimum Gasteiger partial charge on any atom is -0.373 e. The van der Waals surface area contributed by atoms with Crippen molar-refractivity contribution in [3.63, 3.8) is 0 Å². The van der Waals surface area contributed by atoms with Crippen LogP contribution in [0.2, 0.25) is 0 Å². The Labute approximate surface area is 210 Å². The molecular formula is C28H31N5O3. The summed E-state index contributed by atoms with van der Waals surface area (Å²) in [5, 5.41) is 7.28. The molecule has 36 heavy (non-hydrogen) atoms. The quantitative estimate of drug-likeness (QED) is 0.461. The Morgan fingerprint density at radius 1 is 1.14 bits per heavy atom. The van der Waals surface area contributed by atoms with Gasteiger partial charge >= 0.3 is 0 Å². The largest absolute Gasteiger partial charge is 0.373 e. The normalized spacial score (nSPS) is 15.3. The van der Waals surface area contributed by atoms with E-state index in [4.69, 9.17) is 10.3 Å². The van der Waals surface area contributed by atoms with E-state index in [0.717, 1.165) is 18.7 Å². The summed E-state index contributed by atoms with van der Waals surface area (Å²) in [7, 11) is 2.04. The lowest BCUT2D eigenvalue weighted by atomic mass is 9.95. The average Bonchev–Trinajstić information content (AvgIpc) is 3.38. The predicted molar refractivity (Wildman–Crippen MR) is 138 cm³/mol. The Bertz CT molecular complexity index is 1290.